The van der Waals surface area contributed by atoms with E-state index in [0.717, 1.165) is 17.6 Å². The first-order valence-electron chi connectivity index (χ1n) is 12.8. The molecule has 8 nitrogen and oxygen atoms in total. The van der Waals surface area contributed by atoms with Gasteiger partial charge in [-0.05, 0) is 34.7 Å². The van der Waals surface area contributed by atoms with Gasteiger partial charge in [-0.3, -0.25) is 14.5 Å². The number of nitrogens with one attached hydrogen (secondary N) is 1. The van der Waals surface area contributed by atoms with Crippen molar-refractivity contribution < 1.29 is 26.7 Å². The van der Waals surface area contributed by atoms with Crippen LogP contribution in [0.3, 0.4) is 0 Å². The van der Waals surface area contributed by atoms with Crippen molar-refractivity contribution in [1.29, 1.82) is 0 Å². The molecule has 0 saturated carbocycles. The molecule has 3 heterocycles. The van der Waals surface area contributed by atoms with Gasteiger partial charge in [0.05, 0.1) is 0 Å². The quantitative estimate of drug-likeness (QED) is 0.405. The third-order valence-corrected chi connectivity index (χ3v) is 7.04. The standard InChI is InChI=1S/C27H31F5N6O2/c1-25(2,13-22-35-33-17-36(22)3)19-5-4-6-20(12-19)34-23(39)21-11-18(14-37-9-7-26(28,29)8-10-37)15-38(24(21)40)16-27(30,31)32/h4-6,11-12,15,17H,7-10,13-14,16H2,1-3H3,(H,34,39). The Morgan fingerprint density at radius 1 is 1.12 bits per heavy atom. The molecule has 216 valence electrons. The number of hydrogen-bond donors (Lipinski definition) is 1. The summed E-state index contributed by atoms with van der Waals surface area (Å²) in [6.45, 7) is 2.54. The Bertz CT molecular complexity index is 1420. The lowest BCUT2D eigenvalue weighted by Gasteiger charge is -2.31. The normalized spacial score (nSPS) is 16.2. The van der Waals surface area contributed by atoms with Crippen LogP contribution in [0.2, 0.25) is 0 Å². The Labute approximate surface area is 227 Å². The summed E-state index contributed by atoms with van der Waals surface area (Å²) in [6.07, 6.45) is -2.26. The van der Waals surface area contributed by atoms with Gasteiger partial charge < -0.3 is 14.5 Å². The molecule has 1 saturated heterocycles. The number of benzene rings is 1. The number of nitrogens with zero attached hydrogens (tertiary/aromatic N) is 5. The van der Waals surface area contributed by atoms with E-state index in [0.29, 0.717) is 16.7 Å². The summed E-state index contributed by atoms with van der Waals surface area (Å²) in [5.74, 6) is -2.89. The third kappa shape index (κ3) is 7.32. The molecule has 1 aliphatic rings. The maximum atomic E-state index is 13.6. The first-order chi connectivity index (χ1) is 18.6. The minimum absolute atomic E-state index is 0.0280. The number of alkyl halides is 5. The Morgan fingerprint density at radius 2 is 1.82 bits per heavy atom. The van der Waals surface area contributed by atoms with Crippen LogP contribution in [0.15, 0.2) is 47.7 Å². The number of likely N-dealkylation sites (tertiary alicyclic amines) is 1. The largest absolute Gasteiger partial charge is 0.406 e. The Morgan fingerprint density at radius 3 is 2.45 bits per heavy atom. The third-order valence-electron chi connectivity index (χ3n) is 7.04. The zero-order valence-corrected chi connectivity index (χ0v) is 22.4. The summed E-state index contributed by atoms with van der Waals surface area (Å²) in [5, 5.41) is 10.7. The highest BCUT2D eigenvalue weighted by Crippen LogP contribution is 2.30. The van der Waals surface area contributed by atoms with Gasteiger partial charge in [-0.15, -0.1) is 10.2 Å². The summed E-state index contributed by atoms with van der Waals surface area (Å²) < 4.78 is 69.0. The molecule has 1 aliphatic heterocycles. The van der Waals surface area contributed by atoms with E-state index < -0.39 is 41.1 Å². The highest BCUT2D eigenvalue weighted by atomic mass is 19.4. The molecule has 0 atom stereocenters. The van der Waals surface area contributed by atoms with Gasteiger partial charge in [0.2, 0.25) is 0 Å². The number of halogens is 5. The monoisotopic (exact) mass is 566 g/mol. The number of aromatic nitrogens is 4. The minimum Gasteiger partial charge on any atom is -0.322 e. The van der Waals surface area contributed by atoms with Gasteiger partial charge in [0.15, 0.2) is 0 Å². The molecule has 0 aliphatic carbocycles. The van der Waals surface area contributed by atoms with Crippen molar-refractivity contribution in [3.8, 4) is 0 Å². The van der Waals surface area contributed by atoms with Gasteiger partial charge >= 0.3 is 6.18 Å². The van der Waals surface area contributed by atoms with E-state index in [1.54, 1.807) is 29.4 Å². The van der Waals surface area contributed by atoms with E-state index in [-0.39, 0.29) is 38.0 Å². The molecule has 1 fully saturated rings. The molecular weight excluding hydrogens is 535 g/mol. The van der Waals surface area contributed by atoms with E-state index in [1.165, 1.54) is 6.07 Å². The van der Waals surface area contributed by atoms with Crippen LogP contribution < -0.4 is 10.9 Å². The first-order valence-corrected chi connectivity index (χ1v) is 12.8. The maximum absolute atomic E-state index is 13.6. The predicted octanol–water partition coefficient (Wildman–Crippen LogP) is 4.54. The highest BCUT2D eigenvalue weighted by Gasteiger charge is 2.34. The molecule has 0 unspecified atom stereocenters. The van der Waals surface area contributed by atoms with E-state index in [4.69, 9.17) is 0 Å². The lowest BCUT2D eigenvalue weighted by Crippen LogP contribution is -2.39. The van der Waals surface area contributed by atoms with Crippen LogP contribution in [0.5, 0.6) is 0 Å². The average Bonchev–Trinajstić information content (AvgIpc) is 3.25. The van der Waals surface area contributed by atoms with Crippen LogP contribution in [0.1, 0.15) is 54.0 Å². The van der Waals surface area contributed by atoms with E-state index >= 15 is 0 Å². The first kappa shape index (κ1) is 29.4. The van der Waals surface area contributed by atoms with Crippen LogP contribution in [-0.2, 0) is 32.0 Å². The molecule has 1 amide bonds. The molecule has 13 heteroatoms. The van der Waals surface area contributed by atoms with Crippen LogP contribution in [0, 0.1) is 0 Å². The van der Waals surface area contributed by atoms with Crippen molar-refractivity contribution in [3.05, 3.63) is 75.7 Å². The van der Waals surface area contributed by atoms with Crippen molar-refractivity contribution >= 4 is 11.6 Å². The topological polar surface area (TPSA) is 85.1 Å². The fourth-order valence-corrected chi connectivity index (χ4v) is 4.73. The van der Waals surface area contributed by atoms with Crippen molar-refractivity contribution in [2.75, 3.05) is 18.4 Å². The fourth-order valence-electron chi connectivity index (χ4n) is 4.73. The van der Waals surface area contributed by atoms with Gasteiger partial charge in [-0.2, -0.15) is 13.2 Å². The van der Waals surface area contributed by atoms with Gasteiger partial charge in [-0.25, -0.2) is 8.78 Å². The molecule has 1 N–H and O–H groups in total. The van der Waals surface area contributed by atoms with E-state index in [2.05, 4.69) is 15.5 Å². The second-order valence-electron chi connectivity index (χ2n) is 10.9. The summed E-state index contributed by atoms with van der Waals surface area (Å²) in [5.41, 5.74) is -0.503. The van der Waals surface area contributed by atoms with Crippen molar-refractivity contribution in [2.24, 2.45) is 7.05 Å². The predicted molar refractivity (Wildman–Crippen MR) is 138 cm³/mol. The van der Waals surface area contributed by atoms with Crippen molar-refractivity contribution in [2.45, 2.75) is 63.7 Å². The molecule has 0 radical (unpaired) electrons. The number of rotatable bonds is 8. The van der Waals surface area contributed by atoms with Gasteiger partial charge in [0.25, 0.3) is 17.4 Å². The maximum Gasteiger partial charge on any atom is 0.406 e. The summed E-state index contributed by atoms with van der Waals surface area (Å²) >= 11 is 0. The van der Waals surface area contributed by atoms with Crippen LogP contribution in [0.4, 0.5) is 27.6 Å². The molecule has 40 heavy (non-hydrogen) atoms. The van der Waals surface area contributed by atoms with Gasteiger partial charge in [0, 0.05) is 57.8 Å². The number of aryl methyl sites for hydroxylation is 1. The number of pyridine rings is 1. The zero-order valence-electron chi connectivity index (χ0n) is 22.4. The summed E-state index contributed by atoms with van der Waals surface area (Å²) in [7, 11) is 1.84. The highest BCUT2D eigenvalue weighted by molar-refractivity contribution is 6.04. The van der Waals surface area contributed by atoms with Crippen LogP contribution >= 0.6 is 0 Å². The Hall–Kier alpha value is -3.61. The van der Waals surface area contributed by atoms with E-state index in [1.807, 2.05) is 31.5 Å². The molecule has 1 aromatic carbocycles. The number of carbonyl (C=O) groups is 1. The molecule has 0 bridgehead atoms. The number of amides is 1. The molecule has 3 aromatic rings. The molecule has 0 spiro atoms. The second-order valence-corrected chi connectivity index (χ2v) is 10.9. The van der Waals surface area contributed by atoms with Crippen LogP contribution in [-0.4, -0.2) is 55.3 Å². The van der Waals surface area contributed by atoms with E-state index in [9.17, 15) is 31.5 Å². The second kappa shape index (κ2) is 11.1. The SMILES string of the molecule is Cn1cnnc1CC(C)(C)c1cccc(NC(=O)c2cc(CN3CCC(F)(F)CC3)cn(CC(F)(F)F)c2=O)c1. The lowest BCUT2D eigenvalue weighted by molar-refractivity contribution is -0.141. The van der Waals surface area contributed by atoms with Crippen molar-refractivity contribution in [1.82, 2.24) is 24.2 Å². The number of anilines is 1. The fraction of sp³-hybridized carbons (Fsp3) is 0.481. The van der Waals surface area contributed by atoms with Crippen molar-refractivity contribution in [3.63, 3.8) is 0 Å². The summed E-state index contributed by atoms with van der Waals surface area (Å²) in [4.78, 5) is 27.8. The van der Waals surface area contributed by atoms with Crippen LogP contribution in [0.25, 0.3) is 0 Å². The number of carbonyl (C=O) groups excluding carboxylic acids is 1. The minimum atomic E-state index is -4.70. The molecular formula is C27H31F5N6O2. The number of piperidine rings is 1. The number of hydrogen-bond acceptors (Lipinski definition) is 5. The smallest absolute Gasteiger partial charge is 0.322 e. The molecule has 2 aromatic heterocycles. The Balaban J connectivity index is 1.58. The van der Waals surface area contributed by atoms with Gasteiger partial charge in [0.1, 0.15) is 24.3 Å². The lowest BCUT2D eigenvalue weighted by atomic mass is 9.81. The Kier molecular flexibility index (Phi) is 8.16. The summed E-state index contributed by atoms with van der Waals surface area (Å²) in [6, 6.07) is 8.20. The average molecular weight is 567 g/mol. The van der Waals surface area contributed by atoms with Gasteiger partial charge in [-0.1, -0.05) is 26.0 Å². The molecule has 4 rings (SSSR count). The zero-order chi connectivity index (χ0) is 29.3.